The van der Waals surface area contributed by atoms with E-state index in [1.165, 1.54) is 6.21 Å². The molecular weight excluding hydrogens is 344 g/mol. The molecule has 1 saturated heterocycles. The monoisotopic (exact) mass is 360 g/mol. The average molecular weight is 362 g/mol. The minimum Gasteiger partial charge on any atom is -0.396 e. The summed E-state index contributed by atoms with van der Waals surface area (Å²) in [5.41, 5.74) is 2.33. The Hall–Kier alpha value is -0.620. The first-order valence-electron chi connectivity index (χ1n) is 6.67. The number of hydrogen-bond acceptors (Lipinski definition) is 4. The molecule has 2 rings (SSSR count). The van der Waals surface area contributed by atoms with Gasteiger partial charge in [0, 0.05) is 40.2 Å². The number of ether oxygens (including phenoxy) is 1. The maximum absolute atomic E-state index is 9.09. The second-order valence-corrected chi connectivity index (χ2v) is 5.93. The minimum atomic E-state index is -0.0332. The van der Waals surface area contributed by atoms with Gasteiger partial charge in [0.25, 0.3) is 0 Å². The van der Waals surface area contributed by atoms with Crippen molar-refractivity contribution in [1.82, 2.24) is 0 Å². The van der Waals surface area contributed by atoms with Crippen LogP contribution in [0.2, 0.25) is 5.02 Å². The van der Waals surface area contributed by atoms with Crippen LogP contribution < -0.4 is 5.32 Å². The Morgan fingerprint density at radius 1 is 1.55 bits per heavy atom. The van der Waals surface area contributed by atoms with Gasteiger partial charge >= 0.3 is 0 Å². The fraction of sp³-hybridized carbons (Fsp3) is 0.500. The van der Waals surface area contributed by atoms with Crippen molar-refractivity contribution in [1.29, 1.82) is 5.41 Å². The quantitative estimate of drug-likeness (QED) is 0.702. The maximum atomic E-state index is 9.09. The molecule has 4 nitrogen and oxygen atoms in total. The normalized spacial score (nSPS) is 18.9. The Balaban J connectivity index is 2.29. The number of nitrogens with one attached hydrogen (secondary N) is 2. The van der Waals surface area contributed by atoms with Gasteiger partial charge in [0.15, 0.2) is 0 Å². The first-order valence-corrected chi connectivity index (χ1v) is 7.84. The third kappa shape index (κ3) is 3.52. The highest BCUT2D eigenvalue weighted by atomic mass is 79.9. The molecule has 1 aromatic rings. The Kier molecular flexibility index (Phi) is 5.84. The zero-order valence-electron chi connectivity index (χ0n) is 11.1. The lowest BCUT2D eigenvalue weighted by Crippen LogP contribution is -2.27. The molecule has 3 N–H and O–H groups in total. The number of halogens is 2. The van der Waals surface area contributed by atoms with Crippen LogP contribution in [0.4, 0.5) is 5.69 Å². The van der Waals surface area contributed by atoms with Crippen molar-refractivity contribution >= 4 is 39.4 Å². The molecule has 0 bridgehead atoms. The van der Waals surface area contributed by atoms with E-state index in [0.29, 0.717) is 11.4 Å². The van der Waals surface area contributed by atoms with Crippen LogP contribution in [0.1, 0.15) is 30.4 Å². The van der Waals surface area contributed by atoms with Crippen molar-refractivity contribution in [2.75, 3.05) is 18.5 Å². The largest absolute Gasteiger partial charge is 0.396 e. The van der Waals surface area contributed by atoms with E-state index < -0.39 is 0 Å². The van der Waals surface area contributed by atoms with Gasteiger partial charge in [0.05, 0.1) is 0 Å². The third-order valence-corrected chi connectivity index (χ3v) is 4.60. The molecule has 0 saturated carbocycles. The van der Waals surface area contributed by atoms with Gasteiger partial charge in [-0.3, -0.25) is 0 Å². The number of benzene rings is 1. The fourth-order valence-electron chi connectivity index (χ4n) is 2.31. The van der Waals surface area contributed by atoms with Crippen molar-refractivity contribution in [3.63, 3.8) is 0 Å². The van der Waals surface area contributed by atoms with E-state index in [1.54, 1.807) is 6.07 Å². The molecule has 1 heterocycles. The molecule has 1 aliphatic rings. The van der Waals surface area contributed by atoms with Gasteiger partial charge in [-0.25, -0.2) is 0 Å². The first kappa shape index (κ1) is 15.8. The van der Waals surface area contributed by atoms with Crippen LogP contribution in [-0.4, -0.2) is 30.8 Å². The number of anilines is 1. The molecule has 0 radical (unpaired) electrons. The lowest BCUT2D eigenvalue weighted by molar-refractivity contribution is 0.0343. The van der Waals surface area contributed by atoms with Gasteiger partial charge in [-0.05, 0) is 53.2 Å². The smallest absolute Gasteiger partial charge is 0.127 e. The SMILES string of the molecule is N=Cc1c(NC2CCCCO2)cc(Cl)c(CCO)c1Br. The van der Waals surface area contributed by atoms with Crippen LogP contribution in [-0.2, 0) is 11.2 Å². The highest BCUT2D eigenvalue weighted by Gasteiger charge is 2.18. The van der Waals surface area contributed by atoms with Crippen molar-refractivity contribution in [2.45, 2.75) is 31.9 Å². The molecule has 0 spiro atoms. The summed E-state index contributed by atoms with van der Waals surface area (Å²) in [6.45, 7) is 0.781. The third-order valence-electron chi connectivity index (χ3n) is 3.35. The maximum Gasteiger partial charge on any atom is 0.127 e. The van der Waals surface area contributed by atoms with Crippen molar-refractivity contribution in [2.24, 2.45) is 0 Å². The number of rotatable bonds is 5. The Labute approximate surface area is 132 Å². The predicted molar refractivity (Wildman–Crippen MR) is 85.0 cm³/mol. The minimum absolute atomic E-state index is 0.0221. The molecule has 6 heteroatoms. The van der Waals surface area contributed by atoms with E-state index in [1.807, 2.05) is 0 Å². The standard InChI is InChI=1S/C14H18BrClN2O2/c15-14-9(4-5-19)11(16)7-12(10(14)8-17)18-13-3-1-2-6-20-13/h7-8,13,17-19H,1-6H2. The van der Waals surface area contributed by atoms with Gasteiger partial charge < -0.3 is 20.6 Å². The summed E-state index contributed by atoms with van der Waals surface area (Å²) in [5.74, 6) is 0. The van der Waals surface area contributed by atoms with Gasteiger partial charge in [-0.15, -0.1) is 0 Å². The lowest BCUT2D eigenvalue weighted by Gasteiger charge is -2.26. The zero-order chi connectivity index (χ0) is 14.5. The van der Waals surface area contributed by atoms with Crippen LogP contribution >= 0.6 is 27.5 Å². The number of aliphatic hydroxyl groups is 1. The second kappa shape index (κ2) is 7.41. The molecule has 1 atom stereocenters. The van der Waals surface area contributed by atoms with Crippen LogP contribution in [0.25, 0.3) is 0 Å². The van der Waals surface area contributed by atoms with E-state index >= 15 is 0 Å². The molecule has 1 aliphatic heterocycles. The first-order chi connectivity index (χ1) is 9.67. The van der Waals surface area contributed by atoms with Crippen molar-refractivity contribution in [3.05, 3.63) is 26.7 Å². The van der Waals surface area contributed by atoms with Crippen LogP contribution in [0.15, 0.2) is 10.5 Å². The summed E-state index contributed by atoms with van der Waals surface area (Å²) in [5, 5.41) is 20.6. The van der Waals surface area contributed by atoms with Crippen molar-refractivity contribution in [3.8, 4) is 0 Å². The molecule has 0 amide bonds. The lowest BCUT2D eigenvalue weighted by atomic mass is 10.1. The highest BCUT2D eigenvalue weighted by Crippen LogP contribution is 2.34. The van der Waals surface area contributed by atoms with Crippen LogP contribution in [0.5, 0.6) is 0 Å². The van der Waals surface area contributed by atoms with E-state index in [4.69, 9.17) is 26.9 Å². The molecule has 0 aliphatic carbocycles. The predicted octanol–water partition coefficient (Wildman–Crippen LogP) is 3.57. The molecule has 1 fully saturated rings. The van der Waals surface area contributed by atoms with E-state index in [2.05, 4.69) is 21.2 Å². The summed E-state index contributed by atoms with van der Waals surface area (Å²) >= 11 is 9.74. The van der Waals surface area contributed by atoms with Crippen molar-refractivity contribution < 1.29 is 9.84 Å². The molecule has 1 unspecified atom stereocenters. The molecule has 1 aromatic carbocycles. The number of aliphatic hydroxyl groups excluding tert-OH is 1. The topological polar surface area (TPSA) is 65.3 Å². The van der Waals surface area contributed by atoms with Gasteiger partial charge in [-0.2, -0.15) is 0 Å². The van der Waals surface area contributed by atoms with E-state index in [-0.39, 0.29) is 12.8 Å². The second-order valence-electron chi connectivity index (χ2n) is 4.73. The van der Waals surface area contributed by atoms with E-state index in [9.17, 15) is 0 Å². The molecule has 110 valence electrons. The van der Waals surface area contributed by atoms with Gasteiger partial charge in [-0.1, -0.05) is 11.6 Å². The Morgan fingerprint density at radius 3 is 2.95 bits per heavy atom. The highest BCUT2D eigenvalue weighted by molar-refractivity contribution is 9.10. The summed E-state index contributed by atoms with van der Waals surface area (Å²) in [4.78, 5) is 0. The summed E-state index contributed by atoms with van der Waals surface area (Å²) in [6, 6.07) is 1.80. The van der Waals surface area contributed by atoms with Gasteiger partial charge in [0.1, 0.15) is 6.23 Å². The summed E-state index contributed by atoms with van der Waals surface area (Å²) < 4.78 is 6.41. The summed E-state index contributed by atoms with van der Waals surface area (Å²) in [6.07, 6.45) is 4.89. The molecular formula is C14H18BrClN2O2. The Morgan fingerprint density at radius 2 is 2.35 bits per heavy atom. The zero-order valence-corrected chi connectivity index (χ0v) is 13.4. The summed E-state index contributed by atoms with van der Waals surface area (Å²) in [7, 11) is 0. The fourth-order valence-corrected chi connectivity index (χ4v) is 3.46. The molecule has 20 heavy (non-hydrogen) atoms. The van der Waals surface area contributed by atoms with E-state index in [0.717, 1.165) is 47.2 Å². The molecule has 0 aromatic heterocycles. The number of hydrogen-bond donors (Lipinski definition) is 3. The van der Waals surface area contributed by atoms with Crippen LogP contribution in [0.3, 0.4) is 0 Å². The van der Waals surface area contributed by atoms with Crippen LogP contribution in [0, 0.1) is 5.41 Å². The van der Waals surface area contributed by atoms with Gasteiger partial charge in [0.2, 0.25) is 0 Å². The Bertz CT molecular complexity index is 491. The average Bonchev–Trinajstić information content (AvgIpc) is 2.45.